The summed E-state index contributed by atoms with van der Waals surface area (Å²) in [5.41, 5.74) is 5.57. The van der Waals surface area contributed by atoms with Crippen LogP contribution in [0.2, 0.25) is 0 Å². The number of nitrogens with zero attached hydrogens (tertiary/aromatic N) is 3. The lowest BCUT2D eigenvalue weighted by atomic mass is 9.96. The van der Waals surface area contributed by atoms with Gasteiger partial charge in [-0.15, -0.1) is 0 Å². The third-order valence-electron chi connectivity index (χ3n) is 6.73. The van der Waals surface area contributed by atoms with Crippen molar-refractivity contribution >= 4 is 34.9 Å². The lowest BCUT2D eigenvalue weighted by molar-refractivity contribution is -0.116. The van der Waals surface area contributed by atoms with Gasteiger partial charge in [0.15, 0.2) is 5.11 Å². The Balaban J connectivity index is 1.53. The number of benzene rings is 2. The second-order valence-electron chi connectivity index (χ2n) is 9.18. The molecule has 1 fully saturated rings. The topological polar surface area (TPSA) is 99.5 Å². The van der Waals surface area contributed by atoms with E-state index in [1.54, 1.807) is 30.5 Å². The van der Waals surface area contributed by atoms with Gasteiger partial charge in [-0.3, -0.25) is 9.78 Å². The number of rotatable bonds is 7. The standard InChI is InChI=1S/C29H27N5O3S/c1-18-16-23(19(2)34(18)22-13-11-20(12-14-22)28(36)37)27-26(24-10-6-7-15-30-24)32-29(38)33(27)17-25(35)31-21-8-4-3-5-9-21/h3-16,26-27H,17H2,1-2H3,(H,31,35)(H,32,38)(H,36,37). The van der Waals surface area contributed by atoms with E-state index in [0.717, 1.165) is 34.0 Å². The number of carboxylic acid groups (broad SMARTS) is 1. The highest BCUT2D eigenvalue weighted by atomic mass is 32.1. The number of para-hydroxylation sites is 1. The van der Waals surface area contributed by atoms with Crippen LogP contribution < -0.4 is 10.6 Å². The van der Waals surface area contributed by atoms with Gasteiger partial charge in [-0.2, -0.15) is 0 Å². The Labute approximate surface area is 225 Å². The van der Waals surface area contributed by atoms with Crippen LogP contribution in [-0.4, -0.2) is 43.1 Å². The lowest BCUT2D eigenvalue weighted by Gasteiger charge is -2.27. The minimum Gasteiger partial charge on any atom is -0.478 e. The fraction of sp³-hybridized carbons (Fsp3) is 0.172. The summed E-state index contributed by atoms with van der Waals surface area (Å²) in [6, 6.07) is 23.4. The van der Waals surface area contributed by atoms with Crippen molar-refractivity contribution in [2.24, 2.45) is 0 Å². The number of pyridine rings is 1. The smallest absolute Gasteiger partial charge is 0.335 e. The van der Waals surface area contributed by atoms with E-state index in [9.17, 15) is 14.7 Å². The van der Waals surface area contributed by atoms with Crippen LogP contribution in [0.4, 0.5) is 5.69 Å². The number of carbonyl (C=O) groups excluding carboxylic acids is 1. The summed E-state index contributed by atoms with van der Waals surface area (Å²) >= 11 is 5.74. The summed E-state index contributed by atoms with van der Waals surface area (Å²) in [5.74, 6) is -1.14. The van der Waals surface area contributed by atoms with Crippen LogP contribution >= 0.6 is 12.2 Å². The van der Waals surface area contributed by atoms with Crippen LogP contribution in [0.3, 0.4) is 0 Å². The number of aromatic carboxylic acids is 1. The van der Waals surface area contributed by atoms with E-state index in [1.807, 2.05) is 67.3 Å². The highest BCUT2D eigenvalue weighted by molar-refractivity contribution is 7.80. The summed E-state index contributed by atoms with van der Waals surface area (Å²) in [7, 11) is 0. The zero-order valence-electron chi connectivity index (χ0n) is 21.0. The van der Waals surface area contributed by atoms with Gasteiger partial charge in [-0.25, -0.2) is 4.79 Å². The second kappa shape index (κ2) is 10.5. The Morgan fingerprint density at radius 3 is 2.39 bits per heavy atom. The fourth-order valence-electron chi connectivity index (χ4n) is 5.03. The van der Waals surface area contributed by atoms with Crippen molar-refractivity contribution < 1.29 is 14.7 Å². The molecule has 3 N–H and O–H groups in total. The number of hydrogen-bond donors (Lipinski definition) is 3. The van der Waals surface area contributed by atoms with Crippen molar-refractivity contribution in [2.45, 2.75) is 25.9 Å². The molecule has 1 amide bonds. The van der Waals surface area contributed by atoms with Gasteiger partial charge in [0.05, 0.1) is 23.3 Å². The SMILES string of the molecule is Cc1cc(C2C(c3ccccn3)NC(=S)N2CC(=O)Nc2ccccc2)c(C)n1-c1ccc(C(=O)O)cc1. The molecule has 0 spiro atoms. The average molecular weight is 526 g/mol. The van der Waals surface area contributed by atoms with Crippen LogP contribution in [0, 0.1) is 13.8 Å². The number of anilines is 1. The number of carbonyl (C=O) groups is 2. The van der Waals surface area contributed by atoms with Gasteiger partial charge in [-0.05, 0) is 86.2 Å². The Bertz CT molecular complexity index is 1490. The molecule has 0 saturated carbocycles. The third-order valence-corrected chi connectivity index (χ3v) is 7.08. The summed E-state index contributed by atoms with van der Waals surface area (Å²) in [6.07, 6.45) is 1.75. The lowest BCUT2D eigenvalue weighted by Crippen LogP contribution is -2.37. The predicted octanol–water partition coefficient (Wildman–Crippen LogP) is 4.80. The molecule has 0 aliphatic carbocycles. The van der Waals surface area contributed by atoms with E-state index in [2.05, 4.69) is 26.3 Å². The molecule has 2 aromatic carbocycles. The Morgan fingerprint density at radius 1 is 1.03 bits per heavy atom. The Morgan fingerprint density at radius 2 is 1.74 bits per heavy atom. The van der Waals surface area contributed by atoms with Gasteiger partial charge in [0.25, 0.3) is 0 Å². The molecule has 1 saturated heterocycles. The number of nitrogens with one attached hydrogen (secondary N) is 2. The predicted molar refractivity (Wildman–Crippen MR) is 149 cm³/mol. The zero-order chi connectivity index (χ0) is 26.8. The maximum absolute atomic E-state index is 13.1. The number of hydrogen-bond acceptors (Lipinski definition) is 4. The molecule has 2 aromatic heterocycles. The summed E-state index contributed by atoms with van der Waals surface area (Å²) in [4.78, 5) is 30.9. The average Bonchev–Trinajstić information content (AvgIpc) is 3.39. The van der Waals surface area contributed by atoms with Crippen molar-refractivity contribution in [1.29, 1.82) is 0 Å². The van der Waals surface area contributed by atoms with Crippen molar-refractivity contribution in [1.82, 2.24) is 19.8 Å². The summed E-state index contributed by atoms with van der Waals surface area (Å²) in [6.45, 7) is 4.09. The molecule has 8 nitrogen and oxygen atoms in total. The normalized spacial score (nSPS) is 16.8. The van der Waals surface area contributed by atoms with Crippen molar-refractivity contribution in [2.75, 3.05) is 11.9 Å². The molecule has 2 atom stereocenters. The zero-order valence-corrected chi connectivity index (χ0v) is 21.8. The summed E-state index contributed by atoms with van der Waals surface area (Å²) in [5, 5.41) is 16.1. The number of thiocarbonyl (C=S) groups is 1. The number of aryl methyl sites for hydroxylation is 1. The Hall–Kier alpha value is -4.50. The maximum atomic E-state index is 13.1. The van der Waals surface area contributed by atoms with Crippen molar-refractivity contribution in [3.05, 3.63) is 113 Å². The molecule has 1 aliphatic heterocycles. The molecule has 4 aromatic rings. The quantitative estimate of drug-likeness (QED) is 0.298. The maximum Gasteiger partial charge on any atom is 0.335 e. The molecule has 0 bridgehead atoms. The van der Waals surface area contributed by atoms with Crippen LogP contribution in [0.1, 0.15) is 45.1 Å². The van der Waals surface area contributed by atoms with Gasteiger partial charge in [0.1, 0.15) is 6.54 Å². The molecular weight excluding hydrogens is 498 g/mol. The number of carboxylic acids is 1. The van der Waals surface area contributed by atoms with Crippen molar-refractivity contribution in [3.63, 3.8) is 0 Å². The van der Waals surface area contributed by atoms with Crippen LogP contribution in [0.15, 0.2) is 85.1 Å². The van der Waals surface area contributed by atoms with E-state index < -0.39 is 5.97 Å². The van der Waals surface area contributed by atoms with E-state index in [-0.39, 0.29) is 30.1 Å². The first kappa shape index (κ1) is 25.2. The van der Waals surface area contributed by atoms with Crippen LogP contribution in [0.25, 0.3) is 5.69 Å². The first-order valence-electron chi connectivity index (χ1n) is 12.2. The van der Waals surface area contributed by atoms with Gasteiger partial charge >= 0.3 is 5.97 Å². The highest BCUT2D eigenvalue weighted by Gasteiger charge is 2.42. The number of amides is 1. The Kier molecular flexibility index (Phi) is 6.93. The fourth-order valence-corrected chi connectivity index (χ4v) is 5.33. The number of aromatic nitrogens is 2. The highest BCUT2D eigenvalue weighted by Crippen LogP contribution is 2.41. The van der Waals surface area contributed by atoms with E-state index in [0.29, 0.717) is 5.11 Å². The monoisotopic (exact) mass is 525 g/mol. The van der Waals surface area contributed by atoms with Gasteiger partial charge in [-0.1, -0.05) is 24.3 Å². The molecule has 5 rings (SSSR count). The molecule has 9 heteroatoms. The largest absolute Gasteiger partial charge is 0.478 e. The molecule has 2 unspecified atom stereocenters. The first-order valence-corrected chi connectivity index (χ1v) is 12.6. The molecule has 1 aliphatic rings. The van der Waals surface area contributed by atoms with E-state index in [4.69, 9.17) is 12.2 Å². The second-order valence-corrected chi connectivity index (χ2v) is 9.57. The van der Waals surface area contributed by atoms with Crippen LogP contribution in [0.5, 0.6) is 0 Å². The molecule has 0 radical (unpaired) electrons. The van der Waals surface area contributed by atoms with Gasteiger partial charge in [0.2, 0.25) is 5.91 Å². The van der Waals surface area contributed by atoms with Crippen LogP contribution in [-0.2, 0) is 4.79 Å². The van der Waals surface area contributed by atoms with Crippen molar-refractivity contribution in [3.8, 4) is 5.69 Å². The van der Waals surface area contributed by atoms with Gasteiger partial charge in [0, 0.05) is 29.0 Å². The van der Waals surface area contributed by atoms with E-state index >= 15 is 0 Å². The first-order chi connectivity index (χ1) is 18.3. The minimum atomic E-state index is -0.966. The molecule has 192 valence electrons. The molecule has 3 heterocycles. The van der Waals surface area contributed by atoms with Gasteiger partial charge < -0.3 is 25.2 Å². The molecule has 38 heavy (non-hydrogen) atoms. The molecular formula is C29H27N5O3S. The van der Waals surface area contributed by atoms with E-state index in [1.165, 1.54) is 0 Å². The third kappa shape index (κ3) is 4.88. The summed E-state index contributed by atoms with van der Waals surface area (Å²) < 4.78 is 2.08. The minimum absolute atomic E-state index is 0.0612.